The van der Waals surface area contributed by atoms with Gasteiger partial charge in [-0.3, -0.25) is 4.79 Å². The Kier molecular flexibility index (Phi) is 7.96. The second-order valence-corrected chi connectivity index (χ2v) is 4.38. The fraction of sp³-hybridized carbons (Fsp3) is 0.786. The van der Waals surface area contributed by atoms with Gasteiger partial charge >= 0.3 is 0 Å². The molecule has 1 N–H and O–H groups in total. The van der Waals surface area contributed by atoms with Gasteiger partial charge in [-0.2, -0.15) is 0 Å². The fourth-order valence-electron chi connectivity index (χ4n) is 1.98. The number of hydrogen-bond donors (Lipinski definition) is 1. The van der Waals surface area contributed by atoms with Gasteiger partial charge in [0.15, 0.2) is 5.78 Å². The zero-order valence-corrected chi connectivity index (χ0v) is 11.1. The molecule has 16 heavy (non-hydrogen) atoms. The minimum absolute atomic E-state index is 0.0706. The average molecular weight is 226 g/mol. The van der Waals surface area contributed by atoms with Crippen molar-refractivity contribution in [2.75, 3.05) is 0 Å². The van der Waals surface area contributed by atoms with Crippen LogP contribution in [0.5, 0.6) is 0 Å². The summed E-state index contributed by atoms with van der Waals surface area (Å²) in [5.74, 6) is 0.586. The molecular weight excluding hydrogens is 200 g/mol. The number of hydrogen-bond acceptors (Lipinski definition) is 2. The Balaban J connectivity index is 4.54. The first-order valence-corrected chi connectivity index (χ1v) is 6.54. The van der Waals surface area contributed by atoms with E-state index < -0.39 is 0 Å². The summed E-state index contributed by atoms with van der Waals surface area (Å²) in [5, 5.41) is 9.89. The van der Waals surface area contributed by atoms with Crippen LogP contribution in [0, 0.1) is 11.8 Å². The Morgan fingerprint density at radius 3 is 1.94 bits per heavy atom. The number of carbonyl (C=O) groups is 1. The molecule has 0 rings (SSSR count). The summed E-state index contributed by atoms with van der Waals surface area (Å²) in [6.07, 6.45) is 6.05. The molecule has 0 aliphatic carbocycles. The first-order valence-electron chi connectivity index (χ1n) is 6.54. The molecule has 0 bridgehead atoms. The van der Waals surface area contributed by atoms with Crippen LogP contribution in [0.25, 0.3) is 0 Å². The van der Waals surface area contributed by atoms with Crippen LogP contribution < -0.4 is 0 Å². The van der Waals surface area contributed by atoms with Crippen molar-refractivity contribution >= 4 is 5.78 Å². The van der Waals surface area contributed by atoms with Crippen molar-refractivity contribution in [3.63, 3.8) is 0 Å². The highest BCUT2D eigenvalue weighted by atomic mass is 16.3. The van der Waals surface area contributed by atoms with Gasteiger partial charge in [0.25, 0.3) is 0 Å². The molecule has 94 valence electrons. The highest BCUT2D eigenvalue weighted by molar-refractivity contribution is 5.92. The zero-order valence-electron chi connectivity index (χ0n) is 11.1. The monoisotopic (exact) mass is 226 g/mol. The summed E-state index contributed by atoms with van der Waals surface area (Å²) in [6, 6.07) is 0. The van der Waals surface area contributed by atoms with Crippen molar-refractivity contribution in [2.24, 2.45) is 11.8 Å². The van der Waals surface area contributed by atoms with E-state index in [1.54, 1.807) is 0 Å². The smallest absolute Gasteiger partial charge is 0.162 e. The van der Waals surface area contributed by atoms with E-state index in [-0.39, 0.29) is 23.4 Å². The Morgan fingerprint density at radius 1 is 1.06 bits per heavy atom. The van der Waals surface area contributed by atoms with Gasteiger partial charge < -0.3 is 5.11 Å². The largest absolute Gasteiger partial charge is 0.512 e. The molecule has 2 nitrogen and oxygen atoms in total. The lowest BCUT2D eigenvalue weighted by Crippen LogP contribution is -2.12. The minimum Gasteiger partial charge on any atom is -0.512 e. The van der Waals surface area contributed by atoms with E-state index in [1.807, 2.05) is 20.8 Å². The third kappa shape index (κ3) is 4.82. The third-order valence-corrected chi connectivity index (χ3v) is 3.23. The summed E-state index contributed by atoms with van der Waals surface area (Å²) in [5.41, 5.74) is 0. The Hall–Kier alpha value is -0.790. The van der Waals surface area contributed by atoms with Gasteiger partial charge in [0.1, 0.15) is 0 Å². The summed E-state index contributed by atoms with van der Waals surface area (Å²) < 4.78 is 0. The van der Waals surface area contributed by atoms with Crippen LogP contribution in [0.3, 0.4) is 0 Å². The van der Waals surface area contributed by atoms with Gasteiger partial charge in [-0.25, -0.2) is 0 Å². The molecule has 0 aliphatic heterocycles. The summed E-state index contributed by atoms with van der Waals surface area (Å²) in [6.45, 7) is 8.17. The number of rotatable bonds is 8. The molecule has 2 heteroatoms. The predicted octanol–water partition coefficient (Wildman–Crippen LogP) is 4.26. The number of aliphatic hydroxyl groups is 1. The van der Waals surface area contributed by atoms with Crippen molar-refractivity contribution in [2.45, 2.75) is 59.8 Å². The van der Waals surface area contributed by atoms with Crippen molar-refractivity contribution in [1.82, 2.24) is 0 Å². The molecule has 0 radical (unpaired) electrons. The maximum Gasteiger partial charge on any atom is 0.162 e. The third-order valence-electron chi connectivity index (χ3n) is 3.23. The highest BCUT2D eigenvalue weighted by Gasteiger charge is 2.16. The van der Waals surface area contributed by atoms with Crippen LogP contribution in [-0.2, 0) is 4.79 Å². The van der Waals surface area contributed by atoms with Gasteiger partial charge in [0.2, 0.25) is 0 Å². The maximum absolute atomic E-state index is 11.8. The van der Waals surface area contributed by atoms with Crippen molar-refractivity contribution in [3.05, 3.63) is 11.8 Å². The molecule has 0 saturated carbocycles. The molecule has 0 aromatic carbocycles. The van der Waals surface area contributed by atoms with Crippen LogP contribution >= 0.6 is 0 Å². The van der Waals surface area contributed by atoms with E-state index in [4.69, 9.17) is 0 Å². The number of ketones is 1. The standard InChI is InChI=1S/C14H26O2/c1-5-9-12(8-4)14(16)10-13(15)11(6-2)7-3/h10-12,16H,5-9H2,1-4H3/b14-10-. The number of carbonyl (C=O) groups excluding carboxylic acids is 1. The van der Waals surface area contributed by atoms with Crippen LogP contribution in [-0.4, -0.2) is 10.9 Å². The van der Waals surface area contributed by atoms with Gasteiger partial charge in [-0.05, 0) is 25.7 Å². The molecule has 1 atom stereocenters. The molecule has 0 amide bonds. The van der Waals surface area contributed by atoms with Gasteiger partial charge in [-0.15, -0.1) is 0 Å². The number of aliphatic hydroxyl groups excluding tert-OH is 1. The van der Waals surface area contributed by atoms with Crippen LogP contribution in [0.4, 0.5) is 0 Å². The van der Waals surface area contributed by atoms with Gasteiger partial charge in [-0.1, -0.05) is 34.1 Å². The van der Waals surface area contributed by atoms with E-state index in [0.29, 0.717) is 0 Å². The second-order valence-electron chi connectivity index (χ2n) is 4.38. The lowest BCUT2D eigenvalue weighted by atomic mass is 9.93. The van der Waals surface area contributed by atoms with Crippen molar-refractivity contribution in [1.29, 1.82) is 0 Å². The maximum atomic E-state index is 11.8. The van der Waals surface area contributed by atoms with Crippen LogP contribution in [0.1, 0.15) is 59.8 Å². The Labute approximate surface area is 99.7 Å². The molecule has 0 spiro atoms. The SMILES string of the molecule is CCCC(CC)/C(O)=C/C(=O)C(CC)CC. The minimum atomic E-state index is 0.0706. The predicted molar refractivity (Wildman–Crippen MR) is 68.5 cm³/mol. The molecule has 1 unspecified atom stereocenters. The Morgan fingerprint density at radius 2 is 1.56 bits per heavy atom. The van der Waals surface area contributed by atoms with Gasteiger partial charge in [0, 0.05) is 17.9 Å². The number of allylic oxidation sites excluding steroid dienone is 2. The molecular formula is C14H26O2. The molecule has 0 aromatic heterocycles. The topological polar surface area (TPSA) is 37.3 Å². The molecule has 0 heterocycles. The van der Waals surface area contributed by atoms with E-state index in [0.717, 1.165) is 32.1 Å². The first-order chi connectivity index (χ1) is 7.60. The highest BCUT2D eigenvalue weighted by Crippen LogP contribution is 2.20. The van der Waals surface area contributed by atoms with E-state index >= 15 is 0 Å². The van der Waals surface area contributed by atoms with E-state index in [1.165, 1.54) is 6.08 Å². The van der Waals surface area contributed by atoms with Crippen molar-refractivity contribution in [3.8, 4) is 0 Å². The first kappa shape index (κ1) is 15.2. The second kappa shape index (κ2) is 8.37. The average Bonchev–Trinajstić information content (AvgIpc) is 2.27. The van der Waals surface area contributed by atoms with Crippen LogP contribution in [0.15, 0.2) is 11.8 Å². The van der Waals surface area contributed by atoms with E-state index in [9.17, 15) is 9.90 Å². The molecule has 0 aliphatic rings. The quantitative estimate of drug-likeness (QED) is 0.496. The summed E-state index contributed by atoms with van der Waals surface area (Å²) >= 11 is 0. The molecule has 0 aromatic rings. The van der Waals surface area contributed by atoms with Crippen molar-refractivity contribution < 1.29 is 9.90 Å². The summed E-state index contributed by atoms with van der Waals surface area (Å²) in [7, 11) is 0. The van der Waals surface area contributed by atoms with Crippen LogP contribution in [0.2, 0.25) is 0 Å². The molecule has 0 fully saturated rings. The van der Waals surface area contributed by atoms with E-state index in [2.05, 4.69) is 6.92 Å². The molecule has 0 saturated heterocycles. The lowest BCUT2D eigenvalue weighted by Gasteiger charge is -2.14. The Bertz CT molecular complexity index is 227. The lowest BCUT2D eigenvalue weighted by molar-refractivity contribution is -0.118. The summed E-state index contributed by atoms with van der Waals surface area (Å²) in [4.78, 5) is 11.8. The van der Waals surface area contributed by atoms with Gasteiger partial charge in [0.05, 0.1) is 5.76 Å². The zero-order chi connectivity index (χ0) is 12.6. The normalized spacial score (nSPS) is 14.2. The fourth-order valence-corrected chi connectivity index (χ4v) is 1.98.